The zero-order chi connectivity index (χ0) is 16.1. The summed E-state index contributed by atoms with van der Waals surface area (Å²) >= 11 is 0. The van der Waals surface area contributed by atoms with Gasteiger partial charge in [-0.2, -0.15) is 0 Å². The van der Waals surface area contributed by atoms with Crippen LogP contribution in [0.3, 0.4) is 0 Å². The van der Waals surface area contributed by atoms with Gasteiger partial charge in [0, 0.05) is 46.3 Å². The lowest BCUT2D eigenvalue weighted by atomic mass is 9.94. The topological polar surface area (TPSA) is 49.9 Å². The molecule has 22 heavy (non-hydrogen) atoms. The van der Waals surface area contributed by atoms with Gasteiger partial charge in [-0.15, -0.1) is 0 Å². The van der Waals surface area contributed by atoms with Crippen molar-refractivity contribution in [2.75, 3.05) is 40.9 Å². The van der Waals surface area contributed by atoms with E-state index in [0.29, 0.717) is 19.6 Å². The average molecular weight is 304 g/mol. The van der Waals surface area contributed by atoms with E-state index < -0.39 is 0 Å². The highest BCUT2D eigenvalue weighted by molar-refractivity contribution is 5.95. The van der Waals surface area contributed by atoms with E-state index in [4.69, 9.17) is 4.74 Å². The molecule has 0 aromatic heterocycles. The summed E-state index contributed by atoms with van der Waals surface area (Å²) in [6, 6.07) is 7.67. The second kappa shape index (κ2) is 7.40. The molecule has 0 unspecified atom stereocenters. The normalized spacial score (nSPS) is 17.9. The highest BCUT2D eigenvalue weighted by Gasteiger charge is 2.30. The number of amides is 2. The monoisotopic (exact) mass is 304 g/mol. The van der Waals surface area contributed by atoms with Gasteiger partial charge in [0.1, 0.15) is 0 Å². The zero-order valence-corrected chi connectivity index (χ0v) is 13.5. The van der Waals surface area contributed by atoms with Crippen LogP contribution in [0.4, 0.5) is 0 Å². The van der Waals surface area contributed by atoms with Gasteiger partial charge in [-0.25, -0.2) is 0 Å². The molecule has 0 radical (unpaired) electrons. The van der Waals surface area contributed by atoms with E-state index in [1.807, 2.05) is 29.2 Å². The summed E-state index contributed by atoms with van der Waals surface area (Å²) in [6.45, 7) is 1.95. The van der Waals surface area contributed by atoms with Crippen molar-refractivity contribution in [3.8, 4) is 0 Å². The van der Waals surface area contributed by atoms with E-state index in [-0.39, 0.29) is 17.7 Å². The Kier molecular flexibility index (Phi) is 5.55. The first-order chi connectivity index (χ1) is 10.5. The van der Waals surface area contributed by atoms with Crippen molar-refractivity contribution in [3.05, 3.63) is 35.4 Å². The van der Waals surface area contributed by atoms with Crippen LogP contribution in [0.5, 0.6) is 0 Å². The number of ether oxygens (including phenoxy) is 1. The number of hydrogen-bond donors (Lipinski definition) is 0. The van der Waals surface area contributed by atoms with Crippen molar-refractivity contribution in [1.82, 2.24) is 9.80 Å². The fraction of sp³-hybridized carbons (Fsp3) is 0.529. The number of carbonyl (C=O) groups excluding carboxylic acids is 2. The lowest BCUT2D eigenvalue weighted by Gasteiger charge is -2.17. The Hall–Kier alpha value is -1.88. The first kappa shape index (κ1) is 16.5. The number of hydrogen-bond acceptors (Lipinski definition) is 3. The van der Waals surface area contributed by atoms with Gasteiger partial charge < -0.3 is 14.5 Å². The minimum atomic E-state index is 0.0103. The fourth-order valence-corrected chi connectivity index (χ4v) is 2.87. The Balaban J connectivity index is 2.06. The van der Waals surface area contributed by atoms with Gasteiger partial charge in [0.2, 0.25) is 5.91 Å². The van der Waals surface area contributed by atoms with E-state index in [0.717, 1.165) is 24.1 Å². The third-order valence-corrected chi connectivity index (χ3v) is 4.02. The van der Waals surface area contributed by atoms with Crippen molar-refractivity contribution in [1.29, 1.82) is 0 Å². The van der Waals surface area contributed by atoms with Crippen molar-refractivity contribution in [2.45, 2.75) is 12.8 Å². The van der Waals surface area contributed by atoms with Gasteiger partial charge in [-0.3, -0.25) is 9.59 Å². The Morgan fingerprint density at radius 1 is 1.36 bits per heavy atom. The maximum Gasteiger partial charge on any atom is 0.253 e. The van der Waals surface area contributed by atoms with Gasteiger partial charge in [-0.1, -0.05) is 18.2 Å². The van der Waals surface area contributed by atoms with Gasteiger partial charge >= 0.3 is 0 Å². The highest BCUT2D eigenvalue weighted by Crippen LogP contribution is 2.24. The summed E-state index contributed by atoms with van der Waals surface area (Å²) in [6.07, 6.45) is 1.30. The van der Waals surface area contributed by atoms with Crippen LogP contribution >= 0.6 is 0 Å². The molecule has 1 saturated heterocycles. The van der Waals surface area contributed by atoms with Crippen LogP contribution in [0.1, 0.15) is 22.3 Å². The lowest BCUT2D eigenvalue weighted by Crippen LogP contribution is -2.29. The van der Waals surface area contributed by atoms with Gasteiger partial charge in [0.15, 0.2) is 0 Å². The molecule has 0 aliphatic carbocycles. The molecule has 0 saturated carbocycles. The third kappa shape index (κ3) is 3.85. The van der Waals surface area contributed by atoms with Crippen molar-refractivity contribution >= 4 is 11.8 Å². The number of benzene rings is 1. The van der Waals surface area contributed by atoms with Gasteiger partial charge in [-0.05, 0) is 24.0 Å². The third-order valence-electron chi connectivity index (χ3n) is 4.02. The van der Waals surface area contributed by atoms with E-state index >= 15 is 0 Å². The molecule has 1 aliphatic rings. The maximum absolute atomic E-state index is 12.2. The molecule has 0 bridgehead atoms. The predicted molar refractivity (Wildman–Crippen MR) is 84.7 cm³/mol. The van der Waals surface area contributed by atoms with Crippen molar-refractivity contribution in [2.24, 2.45) is 5.92 Å². The van der Waals surface area contributed by atoms with Crippen LogP contribution in [0, 0.1) is 5.92 Å². The molecule has 0 N–H and O–H groups in total. The SMILES string of the molecule is COCCN1C[C@H](Cc2ccccc2C(=O)N(C)C)CC1=O. The molecule has 1 aromatic rings. The summed E-state index contributed by atoms with van der Waals surface area (Å²) in [5.74, 6) is 0.454. The van der Waals surface area contributed by atoms with E-state index in [1.54, 1.807) is 26.1 Å². The van der Waals surface area contributed by atoms with Crippen LogP contribution in [-0.4, -0.2) is 62.5 Å². The average Bonchev–Trinajstić information content (AvgIpc) is 2.84. The van der Waals surface area contributed by atoms with Crippen LogP contribution in [0.25, 0.3) is 0 Å². The summed E-state index contributed by atoms with van der Waals surface area (Å²) in [4.78, 5) is 27.7. The Bertz CT molecular complexity index is 542. The van der Waals surface area contributed by atoms with Crippen LogP contribution in [0.2, 0.25) is 0 Å². The molecule has 1 aliphatic heterocycles. The highest BCUT2D eigenvalue weighted by atomic mass is 16.5. The molecule has 2 rings (SSSR count). The number of carbonyl (C=O) groups is 2. The molecule has 5 heteroatoms. The molecular weight excluding hydrogens is 280 g/mol. The summed E-state index contributed by atoms with van der Waals surface area (Å²) in [5, 5.41) is 0. The molecule has 5 nitrogen and oxygen atoms in total. The summed E-state index contributed by atoms with van der Waals surface area (Å²) in [5.41, 5.74) is 1.75. The van der Waals surface area contributed by atoms with Crippen LogP contribution < -0.4 is 0 Å². The minimum absolute atomic E-state index is 0.0103. The van der Waals surface area contributed by atoms with Gasteiger partial charge in [0.05, 0.1) is 6.61 Å². The quantitative estimate of drug-likeness (QED) is 0.799. The smallest absolute Gasteiger partial charge is 0.253 e. The Labute approximate surface area is 131 Å². The summed E-state index contributed by atoms with van der Waals surface area (Å²) < 4.78 is 5.04. The molecule has 120 valence electrons. The zero-order valence-electron chi connectivity index (χ0n) is 13.5. The Morgan fingerprint density at radius 2 is 2.09 bits per heavy atom. The number of nitrogens with zero attached hydrogens (tertiary/aromatic N) is 2. The lowest BCUT2D eigenvalue weighted by molar-refractivity contribution is -0.128. The molecule has 2 amide bonds. The largest absolute Gasteiger partial charge is 0.383 e. The van der Waals surface area contributed by atoms with Gasteiger partial charge in [0.25, 0.3) is 5.91 Å². The standard InChI is InChI=1S/C17H24N2O3/c1-18(2)17(21)15-7-5-4-6-14(15)10-13-11-16(20)19(12-13)8-9-22-3/h4-7,13H,8-12H2,1-3H3/t13-/m1/s1. The maximum atomic E-state index is 12.2. The molecular formula is C17H24N2O3. The molecule has 0 spiro atoms. The van der Waals surface area contributed by atoms with E-state index in [1.165, 1.54) is 0 Å². The van der Waals surface area contributed by atoms with E-state index in [2.05, 4.69) is 0 Å². The Morgan fingerprint density at radius 3 is 2.77 bits per heavy atom. The molecule has 1 fully saturated rings. The first-order valence-corrected chi connectivity index (χ1v) is 7.59. The second-order valence-electron chi connectivity index (χ2n) is 5.96. The van der Waals surface area contributed by atoms with Crippen molar-refractivity contribution in [3.63, 3.8) is 0 Å². The van der Waals surface area contributed by atoms with E-state index in [9.17, 15) is 9.59 Å². The molecule has 1 heterocycles. The van der Waals surface area contributed by atoms with Crippen molar-refractivity contribution < 1.29 is 14.3 Å². The van der Waals surface area contributed by atoms with Crippen LogP contribution in [-0.2, 0) is 16.0 Å². The van der Waals surface area contributed by atoms with Crippen LogP contribution in [0.15, 0.2) is 24.3 Å². The fourth-order valence-electron chi connectivity index (χ4n) is 2.87. The number of likely N-dealkylation sites (tertiary alicyclic amines) is 1. The summed E-state index contributed by atoms with van der Waals surface area (Å²) in [7, 11) is 5.15. The number of methoxy groups -OCH3 is 1. The minimum Gasteiger partial charge on any atom is -0.383 e. The first-order valence-electron chi connectivity index (χ1n) is 7.59. The molecule has 1 atom stereocenters. The predicted octanol–water partition coefficient (Wildman–Crippen LogP) is 1.43. The molecule has 1 aromatic carbocycles. The second-order valence-corrected chi connectivity index (χ2v) is 5.96. The number of rotatable bonds is 6.